The van der Waals surface area contributed by atoms with E-state index in [4.69, 9.17) is 4.74 Å². The number of thioether (sulfide) groups is 1. The lowest BCUT2D eigenvalue weighted by molar-refractivity contribution is -0.113. The SMILES string of the molecule is CCOCCCn1c(SCC(=O)Nc2ccc(C(C)=O)cc2)nc2ccccc2c1=O. The maximum absolute atomic E-state index is 13.0. The number of nitrogens with zero attached hydrogens (tertiary/aromatic N) is 2. The lowest BCUT2D eigenvalue weighted by Gasteiger charge is -2.13. The largest absolute Gasteiger partial charge is 0.382 e. The average Bonchev–Trinajstić information content (AvgIpc) is 2.77. The molecule has 2 aromatic carbocycles. The Kier molecular flexibility index (Phi) is 7.97. The van der Waals surface area contributed by atoms with E-state index in [0.717, 1.165) is 0 Å². The van der Waals surface area contributed by atoms with Gasteiger partial charge in [-0.2, -0.15) is 0 Å². The molecule has 0 unspecified atom stereocenters. The number of anilines is 1. The third-order valence-electron chi connectivity index (χ3n) is 4.61. The second kappa shape index (κ2) is 10.9. The van der Waals surface area contributed by atoms with Gasteiger partial charge in [-0.3, -0.25) is 19.0 Å². The molecule has 7 nitrogen and oxygen atoms in total. The molecule has 0 aliphatic rings. The molecule has 1 amide bonds. The molecule has 162 valence electrons. The van der Waals surface area contributed by atoms with Gasteiger partial charge in [0.15, 0.2) is 10.9 Å². The minimum absolute atomic E-state index is 0.0295. The van der Waals surface area contributed by atoms with Crippen LogP contribution in [-0.2, 0) is 16.1 Å². The molecule has 0 aliphatic heterocycles. The number of amides is 1. The van der Waals surface area contributed by atoms with Gasteiger partial charge in [-0.25, -0.2) is 4.98 Å². The van der Waals surface area contributed by atoms with Crippen LogP contribution in [0.1, 0.15) is 30.6 Å². The highest BCUT2D eigenvalue weighted by molar-refractivity contribution is 7.99. The standard InChI is InChI=1S/C23H25N3O4S/c1-3-30-14-6-13-26-22(29)19-7-4-5-8-20(19)25-23(26)31-15-21(28)24-18-11-9-17(10-12-18)16(2)27/h4-5,7-12H,3,6,13-15H2,1-2H3,(H,24,28). The van der Waals surface area contributed by atoms with E-state index in [1.807, 2.05) is 19.1 Å². The highest BCUT2D eigenvalue weighted by Crippen LogP contribution is 2.19. The third-order valence-corrected chi connectivity index (χ3v) is 5.59. The van der Waals surface area contributed by atoms with Gasteiger partial charge in [0.1, 0.15) is 0 Å². The molecule has 1 heterocycles. The summed E-state index contributed by atoms with van der Waals surface area (Å²) < 4.78 is 6.99. The van der Waals surface area contributed by atoms with Crippen molar-refractivity contribution in [1.29, 1.82) is 0 Å². The van der Waals surface area contributed by atoms with E-state index in [1.54, 1.807) is 41.0 Å². The molecule has 8 heteroatoms. The fourth-order valence-electron chi connectivity index (χ4n) is 3.04. The first-order valence-corrected chi connectivity index (χ1v) is 11.1. The number of ether oxygens (including phenoxy) is 1. The molecule has 0 saturated carbocycles. The monoisotopic (exact) mass is 439 g/mol. The average molecular weight is 440 g/mol. The molecular formula is C23H25N3O4S. The van der Waals surface area contributed by atoms with Crippen LogP contribution >= 0.6 is 11.8 Å². The molecule has 1 N–H and O–H groups in total. The summed E-state index contributed by atoms with van der Waals surface area (Å²) in [4.78, 5) is 41.4. The first-order chi connectivity index (χ1) is 15.0. The van der Waals surface area contributed by atoms with Gasteiger partial charge in [-0.15, -0.1) is 0 Å². The number of nitrogens with one attached hydrogen (secondary N) is 1. The zero-order chi connectivity index (χ0) is 22.2. The fourth-order valence-corrected chi connectivity index (χ4v) is 3.86. The Bertz CT molecular complexity index is 1130. The number of carbonyl (C=O) groups is 2. The number of rotatable bonds is 10. The van der Waals surface area contributed by atoms with Crippen LogP contribution in [0.4, 0.5) is 5.69 Å². The van der Waals surface area contributed by atoms with Crippen LogP contribution in [0.3, 0.4) is 0 Å². The van der Waals surface area contributed by atoms with Crippen LogP contribution in [-0.4, -0.2) is 40.2 Å². The maximum Gasteiger partial charge on any atom is 0.262 e. The number of Topliss-reactive ketones (excluding diaryl/α,β-unsaturated/α-hetero) is 1. The number of para-hydroxylation sites is 1. The van der Waals surface area contributed by atoms with E-state index in [9.17, 15) is 14.4 Å². The first-order valence-electron chi connectivity index (χ1n) is 10.1. The zero-order valence-corrected chi connectivity index (χ0v) is 18.4. The Morgan fingerprint density at radius 1 is 1.13 bits per heavy atom. The minimum atomic E-state index is -0.219. The van der Waals surface area contributed by atoms with Crippen molar-refractivity contribution in [3.8, 4) is 0 Å². The molecule has 0 saturated heterocycles. The topological polar surface area (TPSA) is 90.3 Å². The maximum atomic E-state index is 13.0. The second-order valence-corrected chi connectivity index (χ2v) is 7.83. The van der Waals surface area contributed by atoms with Crippen LogP contribution in [0.2, 0.25) is 0 Å². The normalized spacial score (nSPS) is 10.9. The summed E-state index contributed by atoms with van der Waals surface area (Å²) >= 11 is 1.22. The molecule has 0 atom stereocenters. The van der Waals surface area contributed by atoms with E-state index in [1.165, 1.54) is 18.7 Å². The molecule has 0 aliphatic carbocycles. The third kappa shape index (κ3) is 6.02. The summed E-state index contributed by atoms with van der Waals surface area (Å²) in [5, 5.41) is 3.86. The number of hydrogen-bond donors (Lipinski definition) is 1. The summed E-state index contributed by atoms with van der Waals surface area (Å²) in [7, 11) is 0. The van der Waals surface area contributed by atoms with E-state index in [-0.39, 0.29) is 23.0 Å². The molecule has 0 bridgehead atoms. The van der Waals surface area contributed by atoms with Crippen molar-refractivity contribution in [3.05, 3.63) is 64.4 Å². The van der Waals surface area contributed by atoms with Crippen LogP contribution in [0.25, 0.3) is 10.9 Å². The summed E-state index contributed by atoms with van der Waals surface area (Å²) in [5.41, 5.74) is 1.68. The van der Waals surface area contributed by atoms with Gasteiger partial charge in [-0.1, -0.05) is 23.9 Å². The second-order valence-electron chi connectivity index (χ2n) is 6.89. The van der Waals surface area contributed by atoms with Gasteiger partial charge in [-0.05, 0) is 56.7 Å². The molecule has 3 rings (SSSR count). The smallest absolute Gasteiger partial charge is 0.262 e. The van der Waals surface area contributed by atoms with Gasteiger partial charge in [0.2, 0.25) is 5.91 Å². The number of fused-ring (bicyclic) bond motifs is 1. The minimum Gasteiger partial charge on any atom is -0.382 e. The lowest BCUT2D eigenvalue weighted by atomic mass is 10.1. The van der Waals surface area contributed by atoms with Gasteiger partial charge < -0.3 is 10.1 Å². The number of benzene rings is 2. The number of hydrogen-bond acceptors (Lipinski definition) is 6. The van der Waals surface area contributed by atoms with Gasteiger partial charge >= 0.3 is 0 Å². The quantitative estimate of drug-likeness (QED) is 0.224. The van der Waals surface area contributed by atoms with E-state index >= 15 is 0 Å². The van der Waals surface area contributed by atoms with Gasteiger partial charge in [0.05, 0.1) is 16.7 Å². The Morgan fingerprint density at radius 3 is 2.58 bits per heavy atom. The highest BCUT2D eigenvalue weighted by Gasteiger charge is 2.13. The molecular weight excluding hydrogens is 414 g/mol. The van der Waals surface area contributed by atoms with Crippen LogP contribution in [0.5, 0.6) is 0 Å². The first kappa shape index (κ1) is 22.7. The Morgan fingerprint density at radius 2 is 1.87 bits per heavy atom. The predicted octanol–water partition coefficient (Wildman–Crippen LogP) is 3.76. The predicted molar refractivity (Wildman–Crippen MR) is 123 cm³/mol. The van der Waals surface area contributed by atoms with Crippen LogP contribution in [0.15, 0.2) is 58.5 Å². The van der Waals surface area contributed by atoms with Crippen molar-refractivity contribution >= 4 is 40.0 Å². The van der Waals surface area contributed by atoms with Crippen molar-refractivity contribution in [1.82, 2.24) is 9.55 Å². The Hall–Kier alpha value is -2.97. The Labute approximate surface area is 184 Å². The Balaban J connectivity index is 1.73. The van der Waals surface area contributed by atoms with Crippen LogP contribution < -0.4 is 10.9 Å². The van der Waals surface area contributed by atoms with Crippen molar-refractivity contribution in [3.63, 3.8) is 0 Å². The lowest BCUT2D eigenvalue weighted by Crippen LogP contribution is -2.25. The van der Waals surface area contributed by atoms with Crippen molar-refractivity contribution < 1.29 is 14.3 Å². The number of carbonyl (C=O) groups excluding carboxylic acids is 2. The zero-order valence-electron chi connectivity index (χ0n) is 17.6. The van der Waals surface area contributed by atoms with Crippen LogP contribution in [0, 0.1) is 0 Å². The number of aromatic nitrogens is 2. The summed E-state index contributed by atoms with van der Waals surface area (Å²) in [6.45, 7) is 5.07. The van der Waals surface area contributed by atoms with Gasteiger partial charge in [0, 0.05) is 31.0 Å². The molecule has 31 heavy (non-hydrogen) atoms. The fraction of sp³-hybridized carbons (Fsp3) is 0.304. The van der Waals surface area contributed by atoms with Crippen molar-refractivity contribution in [2.24, 2.45) is 0 Å². The molecule has 0 fully saturated rings. The van der Waals surface area contributed by atoms with E-state index in [2.05, 4.69) is 10.3 Å². The molecule has 0 radical (unpaired) electrons. The van der Waals surface area contributed by atoms with Crippen molar-refractivity contribution in [2.45, 2.75) is 32.0 Å². The summed E-state index contributed by atoms with van der Waals surface area (Å²) in [6, 6.07) is 13.9. The van der Waals surface area contributed by atoms with E-state index < -0.39 is 0 Å². The summed E-state index contributed by atoms with van der Waals surface area (Å²) in [5.74, 6) is -0.146. The molecule has 3 aromatic rings. The molecule has 0 spiro atoms. The summed E-state index contributed by atoms with van der Waals surface area (Å²) in [6.07, 6.45) is 0.677. The molecule has 1 aromatic heterocycles. The number of ketones is 1. The van der Waals surface area contributed by atoms with E-state index in [0.29, 0.717) is 53.5 Å². The highest BCUT2D eigenvalue weighted by atomic mass is 32.2. The van der Waals surface area contributed by atoms with Crippen molar-refractivity contribution in [2.75, 3.05) is 24.3 Å². The van der Waals surface area contributed by atoms with Gasteiger partial charge in [0.25, 0.3) is 5.56 Å².